The minimum Gasteiger partial charge on any atom is -0.497 e. The summed E-state index contributed by atoms with van der Waals surface area (Å²) >= 11 is 0. The van der Waals surface area contributed by atoms with Crippen LogP contribution >= 0.6 is 0 Å². The Bertz CT molecular complexity index is 417. The van der Waals surface area contributed by atoms with Crippen LogP contribution in [0.2, 0.25) is 0 Å². The van der Waals surface area contributed by atoms with Crippen LogP contribution in [0.1, 0.15) is 6.92 Å². The Morgan fingerprint density at radius 1 is 1.33 bits per heavy atom. The summed E-state index contributed by atoms with van der Waals surface area (Å²) in [6.45, 7) is 1.62. The number of carbonyl (C=O) groups excluding carboxylic acids is 2. The van der Waals surface area contributed by atoms with Crippen LogP contribution in [0.3, 0.4) is 0 Å². The molecular weight excluding hydrogens is 234 g/mol. The maximum absolute atomic E-state index is 11.5. The molecule has 1 aromatic carbocycles. The van der Waals surface area contributed by atoms with E-state index >= 15 is 0 Å². The molecule has 0 saturated carbocycles. The summed E-state index contributed by atoms with van der Waals surface area (Å²) in [7, 11) is 1.57. The lowest BCUT2D eigenvalue weighted by Crippen LogP contribution is -2.42. The predicted molar refractivity (Wildman–Crippen MR) is 68.3 cm³/mol. The highest BCUT2D eigenvalue weighted by Gasteiger charge is 2.09. The molecule has 0 aliphatic carbocycles. The molecule has 0 saturated heterocycles. The number of nitrogens with two attached hydrogens (primary N) is 1. The SMILES string of the molecule is COc1ccc(NC(=O)CNC(C)C(N)=O)cc1. The van der Waals surface area contributed by atoms with Crippen molar-refractivity contribution in [3.63, 3.8) is 0 Å². The first kappa shape index (κ1) is 14.0. The van der Waals surface area contributed by atoms with Crippen LogP contribution < -0.4 is 21.1 Å². The van der Waals surface area contributed by atoms with Gasteiger partial charge in [0.2, 0.25) is 11.8 Å². The van der Waals surface area contributed by atoms with Crippen molar-refractivity contribution in [1.82, 2.24) is 5.32 Å². The van der Waals surface area contributed by atoms with Crippen molar-refractivity contribution in [2.45, 2.75) is 13.0 Å². The molecule has 98 valence electrons. The summed E-state index contributed by atoms with van der Waals surface area (Å²) in [5, 5.41) is 5.39. The minimum atomic E-state index is -0.536. The summed E-state index contributed by atoms with van der Waals surface area (Å²) in [5.74, 6) is -0.0195. The van der Waals surface area contributed by atoms with Crippen LogP contribution in [0, 0.1) is 0 Å². The topological polar surface area (TPSA) is 93.4 Å². The van der Waals surface area contributed by atoms with Gasteiger partial charge in [0.1, 0.15) is 5.75 Å². The van der Waals surface area contributed by atoms with Gasteiger partial charge < -0.3 is 15.8 Å². The van der Waals surface area contributed by atoms with Gasteiger partial charge in [0.25, 0.3) is 0 Å². The van der Waals surface area contributed by atoms with Gasteiger partial charge in [-0.05, 0) is 31.2 Å². The van der Waals surface area contributed by atoms with Gasteiger partial charge in [-0.15, -0.1) is 0 Å². The normalized spacial score (nSPS) is 11.7. The third-order valence-corrected chi connectivity index (χ3v) is 2.37. The van der Waals surface area contributed by atoms with Gasteiger partial charge in [0.05, 0.1) is 19.7 Å². The number of nitrogens with one attached hydrogen (secondary N) is 2. The molecule has 0 aliphatic heterocycles. The van der Waals surface area contributed by atoms with Gasteiger partial charge in [0.15, 0.2) is 0 Å². The van der Waals surface area contributed by atoms with E-state index in [0.717, 1.165) is 0 Å². The van der Waals surface area contributed by atoms with E-state index in [1.165, 1.54) is 0 Å². The van der Waals surface area contributed by atoms with Gasteiger partial charge in [-0.3, -0.25) is 14.9 Å². The van der Waals surface area contributed by atoms with E-state index in [9.17, 15) is 9.59 Å². The third-order valence-electron chi connectivity index (χ3n) is 2.37. The molecule has 18 heavy (non-hydrogen) atoms. The van der Waals surface area contributed by atoms with Crippen molar-refractivity contribution in [1.29, 1.82) is 0 Å². The lowest BCUT2D eigenvalue weighted by atomic mass is 10.3. The monoisotopic (exact) mass is 251 g/mol. The highest BCUT2D eigenvalue weighted by molar-refractivity contribution is 5.92. The van der Waals surface area contributed by atoms with Crippen LogP contribution in [0.25, 0.3) is 0 Å². The first-order valence-electron chi connectivity index (χ1n) is 5.49. The lowest BCUT2D eigenvalue weighted by molar-refractivity contribution is -0.120. The molecule has 0 aliphatic rings. The second kappa shape index (κ2) is 6.61. The molecular formula is C12H17N3O3. The second-order valence-corrected chi connectivity index (χ2v) is 3.78. The number of carbonyl (C=O) groups is 2. The van der Waals surface area contributed by atoms with E-state index in [1.807, 2.05) is 0 Å². The van der Waals surface area contributed by atoms with Crippen LogP contribution in [0.15, 0.2) is 24.3 Å². The van der Waals surface area contributed by atoms with Gasteiger partial charge >= 0.3 is 0 Å². The van der Waals surface area contributed by atoms with Gasteiger partial charge in [-0.1, -0.05) is 0 Å². The van der Waals surface area contributed by atoms with Crippen LogP contribution in [-0.2, 0) is 9.59 Å². The summed E-state index contributed by atoms with van der Waals surface area (Å²) in [5.41, 5.74) is 5.72. The molecule has 0 radical (unpaired) electrons. The molecule has 4 N–H and O–H groups in total. The molecule has 1 unspecified atom stereocenters. The zero-order valence-electron chi connectivity index (χ0n) is 10.4. The molecule has 0 spiro atoms. The van der Waals surface area contributed by atoms with Crippen molar-refractivity contribution in [2.75, 3.05) is 19.0 Å². The third kappa shape index (κ3) is 4.42. The van der Waals surface area contributed by atoms with Crippen molar-refractivity contribution in [2.24, 2.45) is 5.73 Å². The number of hydrogen-bond donors (Lipinski definition) is 3. The fourth-order valence-electron chi connectivity index (χ4n) is 1.23. The Labute approximate surface area is 105 Å². The molecule has 1 atom stereocenters. The summed E-state index contributed by atoms with van der Waals surface area (Å²) in [6, 6.07) is 6.42. The predicted octanol–water partition coefficient (Wildman–Crippen LogP) is 0.0971. The van der Waals surface area contributed by atoms with E-state index in [-0.39, 0.29) is 12.5 Å². The Balaban J connectivity index is 2.42. The molecule has 0 heterocycles. The molecule has 0 aromatic heterocycles. The Hall–Kier alpha value is -2.08. The van der Waals surface area contributed by atoms with Crippen molar-refractivity contribution in [3.05, 3.63) is 24.3 Å². The standard InChI is InChI=1S/C12H17N3O3/c1-8(12(13)17)14-7-11(16)15-9-3-5-10(18-2)6-4-9/h3-6,8,14H,7H2,1-2H3,(H2,13,17)(H,15,16). The maximum atomic E-state index is 11.5. The zero-order valence-corrected chi connectivity index (χ0v) is 10.4. The van der Waals surface area contributed by atoms with E-state index in [1.54, 1.807) is 38.3 Å². The quantitative estimate of drug-likeness (QED) is 0.668. The Morgan fingerprint density at radius 2 is 1.94 bits per heavy atom. The van der Waals surface area contributed by atoms with E-state index in [0.29, 0.717) is 11.4 Å². The number of benzene rings is 1. The number of ether oxygens (including phenoxy) is 1. The van der Waals surface area contributed by atoms with Crippen molar-refractivity contribution in [3.8, 4) is 5.75 Å². The summed E-state index contributed by atoms with van der Waals surface area (Å²) < 4.78 is 5.00. The number of amides is 2. The van der Waals surface area contributed by atoms with Crippen LogP contribution in [-0.4, -0.2) is 31.5 Å². The van der Waals surface area contributed by atoms with E-state index < -0.39 is 11.9 Å². The largest absolute Gasteiger partial charge is 0.497 e. The highest BCUT2D eigenvalue weighted by atomic mass is 16.5. The van der Waals surface area contributed by atoms with E-state index in [4.69, 9.17) is 10.5 Å². The fourth-order valence-corrected chi connectivity index (χ4v) is 1.23. The summed E-state index contributed by atoms with van der Waals surface area (Å²) in [4.78, 5) is 22.3. The van der Waals surface area contributed by atoms with E-state index in [2.05, 4.69) is 10.6 Å². The van der Waals surface area contributed by atoms with Gasteiger partial charge in [-0.25, -0.2) is 0 Å². The molecule has 0 fully saturated rings. The first-order valence-corrected chi connectivity index (χ1v) is 5.49. The molecule has 6 nitrogen and oxygen atoms in total. The number of primary amides is 1. The number of hydrogen-bond acceptors (Lipinski definition) is 4. The Morgan fingerprint density at radius 3 is 2.44 bits per heavy atom. The number of rotatable bonds is 6. The Kier molecular flexibility index (Phi) is 5.13. The molecule has 1 aromatic rings. The minimum absolute atomic E-state index is 0.0239. The fraction of sp³-hybridized carbons (Fsp3) is 0.333. The molecule has 0 bridgehead atoms. The van der Waals surface area contributed by atoms with Crippen molar-refractivity contribution >= 4 is 17.5 Å². The average molecular weight is 251 g/mol. The number of anilines is 1. The molecule has 6 heteroatoms. The lowest BCUT2D eigenvalue weighted by Gasteiger charge is -2.10. The van der Waals surface area contributed by atoms with Crippen molar-refractivity contribution < 1.29 is 14.3 Å². The van der Waals surface area contributed by atoms with Crippen LogP contribution in [0.4, 0.5) is 5.69 Å². The van der Waals surface area contributed by atoms with Crippen LogP contribution in [0.5, 0.6) is 5.75 Å². The molecule has 1 rings (SSSR count). The highest BCUT2D eigenvalue weighted by Crippen LogP contribution is 2.14. The maximum Gasteiger partial charge on any atom is 0.238 e. The first-order chi connectivity index (χ1) is 8.52. The summed E-state index contributed by atoms with van der Waals surface area (Å²) in [6.07, 6.45) is 0. The van der Waals surface area contributed by atoms with Gasteiger partial charge in [0, 0.05) is 5.69 Å². The van der Waals surface area contributed by atoms with Gasteiger partial charge in [-0.2, -0.15) is 0 Å². The molecule has 2 amide bonds. The zero-order chi connectivity index (χ0) is 13.5. The second-order valence-electron chi connectivity index (χ2n) is 3.78. The number of methoxy groups -OCH3 is 1. The average Bonchev–Trinajstić information content (AvgIpc) is 2.36. The smallest absolute Gasteiger partial charge is 0.238 e.